The molecule has 2 aromatic rings. The molecular weight excluding hydrogens is 306 g/mol. The van der Waals surface area contributed by atoms with Crippen molar-refractivity contribution in [1.29, 1.82) is 0 Å². The lowest BCUT2D eigenvalue weighted by atomic mass is 10.2. The minimum atomic E-state index is -0.146. The molecule has 0 bridgehead atoms. The highest BCUT2D eigenvalue weighted by molar-refractivity contribution is 9.10. The summed E-state index contributed by atoms with van der Waals surface area (Å²) < 4.78 is 2.58. The predicted octanol–water partition coefficient (Wildman–Crippen LogP) is 3.53. The number of halogens is 1. The van der Waals surface area contributed by atoms with Crippen LogP contribution < -0.4 is 5.32 Å². The minimum Gasteiger partial charge on any atom is -0.320 e. The topological polar surface area (TPSA) is 46.9 Å². The quantitative estimate of drug-likeness (QED) is 0.939. The molecule has 0 aliphatic carbocycles. The van der Waals surface area contributed by atoms with Gasteiger partial charge in [-0.05, 0) is 60.5 Å². The monoisotopic (exact) mass is 321 g/mol. The molecule has 19 heavy (non-hydrogen) atoms. The molecule has 1 heterocycles. The SMILES string of the molecule is CCn1nc(C)cc1C(=O)Nc1ccc(C)cc1Br. The summed E-state index contributed by atoms with van der Waals surface area (Å²) in [6.45, 7) is 6.52. The van der Waals surface area contributed by atoms with Crippen molar-refractivity contribution in [3.63, 3.8) is 0 Å². The maximum absolute atomic E-state index is 12.3. The van der Waals surface area contributed by atoms with E-state index in [1.807, 2.05) is 39.0 Å². The first-order chi connectivity index (χ1) is 9.01. The highest BCUT2D eigenvalue weighted by Gasteiger charge is 2.14. The van der Waals surface area contributed by atoms with Gasteiger partial charge in [-0.15, -0.1) is 0 Å². The Balaban J connectivity index is 2.25. The first kappa shape index (κ1) is 13.8. The number of carbonyl (C=O) groups is 1. The molecule has 1 aromatic heterocycles. The van der Waals surface area contributed by atoms with Crippen LogP contribution in [0.5, 0.6) is 0 Å². The molecule has 0 spiro atoms. The Kier molecular flexibility index (Phi) is 4.04. The Bertz CT molecular complexity index is 619. The summed E-state index contributed by atoms with van der Waals surface area (Å²) in [5.41, 5.74) is 3.32. The molecule has 0 unspecified atom stereocenters. The summed E-state index contributed by atoms with van der Waals surface area (Å²) in [6, 6.07) is 7.61. The van der Waals surface area contributed by atoms with E-state index in [0.717, 1.165) is 21.4 Å². The van der Waals surface area contributed by atoms with Gasteiger partial charge in [-0.2, -0.15) is 5.10 Å². The van der Waals surface area contributed by atoms with Crippen LogP contribution in [-0.2, 0) is 6.54 Å². The Labute approximate surface area is 120 Å². The van der Waals surface area contributed by atoms with E-state index >= 15 is 0 Å². The number of aromatic nitrogens is 2. The maximum atomic E-state index is 12.3. The smallest absolute Gasteiger partial charge is 0.273 e. The van der Waals surface area contributed by atoms with Gasteiger partial charge in [0.2, 0.25) is 0 Å². The van der Waals surface area contributed by atoms with Crippen molar-refractivity contribution < 1.29 is 4.79 Å². The number of anilines is 1. The predicted molar refractivity (Wildman–Crippen MR) is 79.5 cm³/mol. The molecule has 0 aliphatic heterocycles. The van der Waals surface area contributed by atoms with Gasteiger partial charge in [0.1, 0.15) is 5.69 Å². The van der Waals surface area contributed by atoms with E-state index in [0.29, 0.717) is 12.2 Å². The van der Waals surface area contributed by atoms with Crippen molar-refractivity contribution >= 4 is 27.5 Å². The number of carbonyl (C=O) groups excluding carboxylic acids is 1. The molecule has 0 saturated carbocycles. The molecule has 1 N–H and O–H groups in total. The average molecular weight is 322 g/mol. The van der Waals surface area contributed by atoms with Gasteiger partial charge in [-0.25, -0.2) is 0 Å². The fourth-order valence-corrected chi connectivity index (χ4v) is 2.47. The zero-order valence-corrected chi connectivity index (χ0v) is 12.8. The summed E-state index contributed by atoms with van der Waals surface area (Å²) >= 11 is 3.45. The molecule has 1 aromatic carbocycles. The van der Waals surface area contributed by atoms with Crippen LogP contribution in [0.1, 0.15) is 28.7 Å². The maximum Gasteiger partial charge on any atom is 0.273 e. The van der Waals surface area contributed by atoms with Crippen LogP contribution >= 0.6 is 15.9 Å². The van der Waals surface area contributed by atoms with Gasteiger partial charge < -0.3 is 5.32 Å². The number of nitrogens with zero attached hydrogens (tertiary/aromatic N) is 2. The van der Waals surface area contributed by atoms with Gasteiger partial charge in [0.15, 0.2) is 0 Å². The minimum absolute atomic E-state index is 0.146. The summed E-state index contributed by atoms with van der Waals surface area (Å²) in [7, 11) is 0. The van der Waals surface area contributed by atoms with E-state index in [1.165, 1.54) is 0 Å². The van der Waals surface area contributed by atoms with Gasteiger partial charge >= 0.3 is 0 Å². The van der Waals surface area contributed by atoms with Crippen molar-refractivity contribution in [2.75, 3.05) is 5.32 Å². The van der Waals surface area contributed by atoms with Crippen LogP contribution in [0.25, 0.3) is 0 Å². The molecule has 100 valence electrons. The Morgan fingerprint density at radius 2 is 2.11 bits per heavy atom. The average Bonchev–Trinajstić information content (AvgIpc) is 2.74. The number of amides is 1. The van der Waals surface area contributed by atoms with Crippen molar-refractivity contribution in [2.45, 2.75) is 27.3 Å². The van der Waals surface area contributed by atoms with Crippen LogP contribution in [0.2, 0.25) is 0 Å². The van der Waals surface area contributed by atoms with Crippen LogP contribution in [-0.4, -0.2) is 15.7 Å². The second-order valence-corrected chi connectivity index (χ2v) is 5.28. The number of aryl methyl sites for hydroxylation is 3. The molecule has 1 amide bonds. The molecular formula is C14H16BrN3O. The second kappa shape index (κ2) is 5.57. The third kappa shape index (κ3) is 3.04. The number of benzene rings is 1. The lowest BCUT2D eigenvalue weighted by Crippen LogP contribution is -2.17. The van der Waals surface area contributed by atoms with Crippen molar-refractivity contribution in [3.8, 4) is 0 Å². The number of nitrogens with one attached hydrogen (secondary N) is 1. The highest BCUT2D eigenvalue weighted by Crippen LogP contribution is 2.24. The number of rotatable bonds is 3. The summed E-state index contributed by atoms with van der Waals surface area (Å²) in [4.78, 5) is 12.3. The van der Waals surface area contributed by atoms with E-state index in [9.17, 15) is 4.79 Å². The molecule has 4 nitrogen and oxygen atoms in total. The largest absolute Gasteiger partial charge is 0.320 e. The molecule has 5 heteroatoms. The fourth-order valence-electron chi connectivity index (χ4n) is 1.88. The van der Waals surface area contributed by atoms with Gasteiger partial charge in [-0.3, -0.25) is 9.48 Å². The summed E-state index contributed by atoms with van der Waals surface area (Å²) in [5.74, 6) is -0.146. The first-order valence-electron chi connectivity index (χ1n) is 6.13. The summed E-state index contributed by atoms with van der Waals surface area (Å²) in [5, 5.41) is 7.17. The summed E-state index contributed by atoms with van der Waals surface area (Å²) in [6.07, 6.45) is 0. The highest BCUT2D eigenvalue weighted by atomic mass is 79.9. The van der Waals surface area contributed by atoms with E-state index in [4.69, 9.17) is 0 Å². The van der Waals surface area contributed by atoms with Crippen molar-refractivity contribution in [3.05, 3.63) is 45.7 Å². The van der Waals surface area contributed by atoms with Crippen LogP contribution in [0, 0.1) is 13.8 Å². The Morgan fingerprint density at radius 1 is 1.37 bits per heavy atom. The van der Waals surface area contributed by atoms with Gasteiger partial charge in [0.25, 0.3) is 5.91 Å². The zero-order chi connectivity index (χ0) is 14.0. The fraction of sp³-hybridized carbons (Fsp3) is 0.286. The zero-order valence-electron chi connectivity index (χ0n) is 11.2. The molecule has 0 aliphatic rings. The number of hydrogen-bond acceptors (Lipinski definition) is 2. The van der Waals surface area contributed by atoms with E-state index < -0.39 is 0 Å². The van der Waals surface area contributed by atoms with E-state index in [-0.39, 0.29) is 5.91 Å². The Morgan fingerprint density at radius 3 is 2.74 bits per heavy atom. The van der Waals surface area contributed by atoms with Gasteiger partial charge in [0.05, 0.1) is 11.4 Å². The Hall–Kier alpha value is -1.62. The first-order valence-corrected chi connectivity index (χ1v) is 6.92. The van der Waals surface area contributed by atoms with Crippen LogP contribution in [0.15, 0.2) is 28.7 Å². The molecule has 2 rings (SSSR count). The molecule has 0 atom stereocenters. The lowest BCUT2D eigenvalue weighted by Gasteiger charge is -2.09. The molecule has 0 saturated heterocycles. The third-order valence-corrected chi connectivity index (χ3v) is 3.46. The lowest BCUT2D eigenvalue weighted by molar-refractivity contribution is 0.101. The second-order valence-electron chi connectivity index (χ2n) is 4.42. The number of hydrogen-bond donors (Lipinski definition) is 1. The van der Waals surface area contributed by atoms with Crippen molar-refractivity contribution in [2.24, 2.45) is 0 Å². The van der Waals surface area contributed by atoms with Crippen LogP contribution in [0.3, 0.4) is 0 Å². The molecule has 0 fully saturated rings. The van der Waals surface area contributed by atoms with Crippen LogP contribution in [0.4, 0.5) is 5.69 Å². The molecule has 0 radical (unpaired) electrons. The van der Waals surface area contributed by atoms with Crippen molar-refractivity contribution in [1.82, 2.24) is 9.78 Å². The van der Waals surface area contributed by atoms with E-state index in [1.54, 1.807) is 10.7 Å². The van der Waals surface area contributed by atoms with E-state index in [2.05, 4.69) is 26.3 Å². The normalized spacial score (nSPS) is 10.5. The van der Waals surface area contributed by atoms with Gasteiger partial charge in [0, 0.05) is 11.0 Å². The third-order valence-electron chi connectivity index (χ3n) is 2.81. The van der Waals surface area contributed by atoms with Gasteiger partial charge in [-0.1, -0.05) is 6.07 Å². The standard InChI is InChI=1S/C14H16BrN3O/c1-4-18-13(8-10(3)17-18)14(19)16-12-6-5-9(2)7-11(12)15/h5-8H,4H2,1-3H3,(H,16,19).